The van der Waals surface area contributed by atoms with Gasteiger partial charge in [-0.15, -0.1) is 0 Å². The molecule has 154 valence electrons. The molecule has 2 aliphatic heterocycles. The molecule has 2 amide bonds. The number of likely N-dealkylation sites (tertiary alicyclic amines) is 1. The molecular formula is C22H33N3O3. The van der Waals surface area contributed by atoms with E-state index in [0.29, 0.717) is 32.5 Å². The predicted molar refractivity (Wildman–Crippen MR) is 109 cm³/mol. The summed E-state index contributed by atoms with van der Waals surface area (Å²) in [6.45, 7) is 9.24. The van der Waals surface area contributed by atoms with Gasteiger partial charge in [0.15, 0.2) is 0 Å². The number of nitrogens with one attached hydrogen (secondary N) is 1. The maximum atomic E-state index is 13.4. The first-order chi connectivity index (χ1) is 13.3. The van der Waals surface area contributed by atoms with Gasteiger partial charge in [0.25, 0.3) is 0 Å². The van der Waals surface area contributed by atoms with Crippen LogP contribution in [0.4, 0.5) is 4.79 Å². The molecule has 1 aromatic carbocycles. The molecule has 0 aromatic heterocycles. The zero-order valence-corrected chi connectivity index (χ0v) is 17.3. The lowest BCUT2D eigenvalue weighted by Gasteiger charge is -2.37. The number of rotatable bonds is 4. The van der Waals surface area contributed by atoms with Crippen LogP contribution in [0.3, 0.4) is 0 Å². The summed E-state index contributed by atoms with van der Waals surface area (Å²) >= 11 is 0. The zero-order valence-electron chi connectivity index (χ0n) is 17.3. The van der Waals surface area contributed by atoms with E-state index < -0.39 is 5.60 Å². The Morgan fingerprint density at radius 3 is 2.39 bits per heavy atom. The highest BCUT2D eigenvalue weighted by atomic mass is 16.6. The van der Waals surface area contributed by atoms with Crippen molar-refractivity contribution in [2.75, 3.05) is 26.2 Å². The first-order valence-electron chi connectivity index (χ1n) is 10.4. The molecule has 6 heteroatoms. The smallest absolute Gasteiger partial charge is 0.410 e. The molecule has 3 rings (SSSR count). The van der Waals surface area contributed by atoms with Crippen molar-refractivity contribution in [2.45, 2.75) is 58.2 Å². The maximum Gasteiger partial charge on any atom is 0.410 e. The fourth-order valence-corrected chi connectivity index (χ4v) is 3.94. The minimum absolute atomic E-state index is 0.0250. The molecule has 0 saturated carbocycles. The van der Waals surface area contributed by atoms with Crippen LogP contribution in [-0.4, -0.2) is 59.6 Å². The highest BCUT2D eigenvalue weighted by molar-refractivity contribution is 5.80. The van der Waals surface area contributed by atoms with Crippen molar-refractivity contribution < 1.29 is 14.3 Å². The summed E-state index contributed by atoms with van der Waals surface area (Å²) in [5.41, 5.74) is 0.667. The molecule has 28 heavy (non-hydrogen) atoms. The lowest BCUT2D eigenvalue weighted by atomic mass is 9.94. The van der Waals surface area contributed by atoms with E-state index in [9.17, 15) is 9.59 Å². The Kier molecular flexibility index (Phi) is 6.60. The van der Waals surface area contributed by atoms with Crippen LogP contribution in [0.25, 0.3) is 0 Å². The fourth-order valence-electron chi connectivity index (χ4n) is 3.94. The second kappa shape index (κ2) is 8.95. The molecule has 2 fully saturated rings. The third-order valence-electron chi connectivity index (χ3n) is 5.45. The SMILES string of the molecule is CC(C)(C)OC(=O)N1CCC(C(=O)N(Cc2ccccc2)C2CCNC2)CC1. The van der Waals surface area contributed by atoms with Gasteiger partial charge in [-0.2, -0.15) is 0 Å². The molecule has 1 N–H and O–H groups in total. The number of piperidine rings is 1. The van der Waals surface area contributed by atoms with Gasteiger partial charge in [-0.25, -0.2) is 4.79 Å². The number of hydrogen-bond donors (Lipinski definition) is 1. The van der Waals surface area contributed by atoms with E-state index in [1.165, 1.54) is 0 Å². The maximum absolute atomic E-state index is 13.4. The standard InChI is InChI=1S/C22H33N3O3/c1-22(2,3)28-21(27)24-13-10-18(11-14-24)20(26)25(19-9-12-23-15-19)16-17-7-5-4-6-8-17/h4-8,18-19,23H,9-16H2,1-3H3. The van der Waals surface area contributed by atoms with Crippen molar-refractivity contribution in [2.24, 2.45) is 5.92 Å². The van der Waals surface area contributed by atoms with Gasteiger partial charge < -0.3 is 19.9 Å². The molecule has 0 spiro atoms. The monoisotopic (exact) mass is 387 g/mol. The first kappa shape index (κ1) is 20.6. The molecule has 1 atom stereocenters. The van der Waals surface area contributed by atoms with Crippen LogP contribution in [-0.2, 0) is 16.1 Å². The van der Waals surface area contributed by atoms with Gasteiger partial charge in [0.05, 0.1) is 0 Å². The van der Waals surface area contributed by atoms with Gasteiger partial charge in [0.2, 0.25) is 5.91 Å². The summed E-state index contributed by atoms with van der Waals surface area (Å²) in [6.07, 6.45) is 2.11. The summed E-state index contributed by atoms with van der Waals surface area (Å²) in [5, 5.41) is 3.38. The van der Waals surface area contributed by atoms with Crippen LogP contribution in [0, 0.1) is 5.92 Å². The van der Waals surface area contributed by atoms with Gasteiger partial charge in [0, 0.05) is 38.1 Å². The Balaban J connectivity index is 1.61. The van der Waals surface area contributed by atoms with E-state index in [1.54, 1.807) is 4.90 Å². The topological polar surface area (TPSA) is 61.9 Å². The van der Waals surface area contributed by atoms with E-state index in [-0.39, 0.29) is 24.0 Å². The lowest BCUT2D eigenvalue weighted by Crippen LogP contribution is -2.48. The van der Waals surface area contributed by atoms with Crippen LogP contribution < -0.4 is 5.32 Å². The Labute approximate surface area is 168 Å². The highest BCUT2D eigenvalue weighted by Crippen LogP contribution is 2.25. The Hall–Kier alpha value is -2.08. The summed E-state index contributed by atoms with van der Waals surface area (Å²) in [7, 11) is 0. The van der Waals surface area contributed by atoms with Crippen LogP contribution in [0.5, 0.6) is 0 Å². The first-order valence-corrected chi connectivity index (χ1v) is 10.4. The summed E-state index contributed by atoms with van der Waals surface area (Å²) in [6, 6.07) is 10.4. The van der Waals surface area contributed by atoms with Crippen LogP contribution >= 0.6 is 0 Å². The van der Waals surface area contributed by atoms with E-state index >= 15 is 0 Å². The van der Waals surface area contributed by atoms with Crippen molar-refractivity contribution in [1.29, 1.82) is 0 Å². The molecule has 6 nitrogen and oxygen atoms in total. The van der Waals surface area contributed by atoms with Crippen LogP contribution in [0.1, 0.15) is 45.6 Å². The normalized spacial score (nSPS) is 20.8. The van der Waals surface area contributed by atoms with Crippen LogP contribution in [0.2, 0.25) is 0 Å². The fraction of sp³-hybridized carbons (Fsp3) is 0.636. The summed E-state index contributed by atoms with van der Waals surface area (Å²) in [4.78, 5) is 29.4. The molecule has 0 bridgehead atoms. The molecule has 2 saturated heterocycles. The molecule has 1 unspecified atom stereocenters. The van der Waals surface area contributed by atoms with E-state index in [2.05, 4.69) is 22.3 Å². The third kappa shape index (κ3) is 5.47. The minimum atomic E-state index is -0.494. The third-order valence-corrected chi connectivity index (χ3v) is 5.45. The van der Waals surface area contributed by atoms with Gasteiger partial charge in [-0.3, -0.25) is 4.79 Å². The molecule has 1 aromatic rings. The van der Waals surface area contributed by atoms with Crippen LogP contribution in [0.15, 0.2) is 30.3 Å². The van der Waals surface area contributed by atoms with Crippen molar-refractivity contribution in [3.63, 3.8) is 0 Å². The molecule has 2 aliphatic rings. The molecule has 0 aliphatic carbocycles. The number of hydrogen-bond acceptors (Lipinski definition) is 4. The number of carbonyl (C=O) groups is 2. The minimum Gasteiger partial charge on any atom is -0.444 e. The molecular weight excluding hydrogens is 354 g/mol. The molecule has 2 heterocycles. The number of nitrogens with zero attached hydrogens (tertiary/aromatic N) is 2. The summed E-state index contributed by atoms with van der Waals surface area (Å²) in [5.74, 6) is 0.199. The predicted octanol–water partition coefficient (Wildman–Crippen LogP) is 3.02. The van der Waals surface area contributed by atoms with Gasteiger partial charge in [-0.1, -0.05) is 30.3 Å². The average Bonchev–Trinajstić information content (AvgIpc) is 3.19. The van der Waals surface area contributed by atoms with E-state index in [0.717, 1.165) is 25.1 Å². The zero-order chi connectivity index (χ0) is 20.1. The van der Waals surface area contributed by atoms with Crippen molar-refractivity contribution in [3.8, 4) is 0 Å². The highest BCUT2D eigenvalue weighted by Gasteiger charge is 2.35. The number of benzene rings is 1. The largest absolute Gasteiger partial charge is 0.444 e. The van der Waals surface area contributed by atoms with Gasteiger partial charge >= 0.3 is 6.09 Å². The van der Waals surface area contributed by atoms with Crippen molar-refractivity contribution in [1.82, 2.24) is 15.1 Å². The average molecular weight is 388 g/mol. The van der Waals surface area contributed by atoms with Crippen molar-refractivity contribution >= 4 is 12.0 Å². The van der Waals surface area contributed by atoms with Crippen molar-refractivity contribution in [3.05, 3.63) is 35.9 Å². The van der Waals surface area contributed by atoms with E-state index in [1.807, 2.05) is 39.0 Å². The van der Waals surface area contributed by atoms with E-state index in [4.69, 9.17) is 4.74 Å². The number of ether oxygens (including phenoxy) is 1. The second-order valence-corrected chi connectivity index (χ2v) is 8.84. The summed E-state index contributed by atoms with van der Waals surface area (Å²) < 4.78 is 5.46. The quantitative estimate of drug-likeness (QED) is 0.863. The Bertz CT molecular complexity index is 657. The Morgan fingerprint density at radius 2 is 1.82 bits per heavy atom. The van der Waals surface area contributed by atoms with Gasteiger partial charge in [0.1, 0.15) is 5.60 Å². The second-order valence-electron chi connectivity index (χ2n) is 8.84. The lowest BCUT2D eigenvalue weighted by molar-refractivity contribution is -0.140. The molecule has 0 radical (unpaired) electrons. The Morgan fingerprint density at radius 1 is 1.14 bits per heavy atom. The van der Waals surface area contributed by atoms with Gasteiger partial charge in [-0.05, 0) is 52.1 Å². The number of carbonyl (C=O) groups excluding carboxylic acids is 2. The number of amides is 2.